The maximum Gasteiger partial charge on any atom is 0.159 e. The fourth-order valence-electron chi connectivity index (χ4n) is 1.97. The van der Waals surface area contributed by atoms with E-state index in [1.54, 1.807) is 6.20 Å². The van der Waals surface area contributed by atoms with Crippen LogP contribution in [0, 0.1) is 5.41 Å². The molecule has 90 valence electrons. The Hall–Kier alpha value is -0.990. The van der Waals surface area contributed by atoms with Gasteiger partial charge >= 0.3 is 0 Å². The van der Waals surface area contributed by atoms with E-state index in [0.717, 1.165) is 25.0 Å². The van der Waals surface area contributed by atoms with Crippen LogP contribution in [0.15, 0.2) is 6.20 Å². The molecule has 1 heterocycles. The van der Waals surface area contributed by atoms with Gasteiger partial charge in [-0.2, -0.15) is 0 Å². The number of aryl methyl sites for hydroxylation is 1. The molecule has 0 bridgehead atoms. The third kappa shape index (κ3) is 3.00. The van der Waals surface area contributed by atoms with Gasteiger partial charge in [-0.1, -0.05) is 27.7 Å². The van der Waals surface area contributed by atoms with Crippen LogP contribution in [-0.4, -0.2) is 9.97 Å². The molecular weight excluding hydrogens is 203 g/mol. The molecule has 3 heteroatoms. The Morgan fingerprint density at radius 2 is 2.06 bits per heavy atom. The van der Waals surface area contributed by atoms with Crippen LogP contribution in [0.25, 0.3) is 0 Å². The fourth-order valence-corrected chi connectivity index (χ4v) is 1.97. The van der Waals surface area contributed by atoms with Gasteiger partial charge in [0.15, 0.2) is 5.82 Å². The summed E-state index contributed by atoms with van der Waals surface area (Å²) >= 11 is 0. The van der Waals surface area contributed by atoms with Crippen molar-refractivity contribution in [3.63, 3.8) is 0 Å². The van der Waals surface area contributed by atoms with E-state index >= 15 is 0 Å². The number of rotatable bonds is 1. The monoisotopic (exact) mass is 224 g/mol. The molecule has 2 rings (SSSR count). The Kier molecular flexibility index (Phi) is 4.39. The van der Waals surface area contributed by atoms with Crippen LogP contribution in [0.1, 0.15) is 51.2 Å². The van der Waals surface area contributed by atoms with Crippen molar-refractivity contribution in [2.75, 3.05) is 0 Å². The SMILES string of the molecule is CC.CC1(C)CCc2nc(CF)ncc2C1. The normalized spacial score (nSPS) is 17.1. The second kappa shape index (κ2) is 5.37. The van der Waals surface area contributed by atoms with Crippen LogP contribution in [-0.2, 0) is 19.5 Å². The van der Waals surface area contributed by atoms with Gasteiger partial charge in [0.25, 0.3) is 0 Å². The smallest absolute Gasteiger partial charge is 0.159 e. The highest BCUT2D eigenvalue weighted by molar-refractivity contribution is 5.22. The Labute approximate surface area is 97.3 Å². The highest BCUT2D eigenvalue weighted by Crippen LogP contribution is 2.33. The highest BCUT2D eigenvalue weighted by Gasteiger charge is 2.26. The van der Waals surface area contributed by atoms with Gasteiger partial charge in [-0.3, -0.25) is 0 Å². The molecule has 0 amide bonds. The van der Waals surface area contributed by atoms with Crippen molar-refractivity contribution in [2.24, 2.45) is 5.41 Å². The number of nitrogens with zero attached hydrogens (tertiary/aromatic N) is 2. The lowest BCUT2D eigenvalue weighted by atomic mass is 9.76. The van der Waals surface area contributed by atoms with E-state index in [-0.39, 0.29) is 0 Å². The molecule has 16 heavy (non-hydrogen) atoms. The Bertz CT molecular complexity index is 348. The van der Waals surface area contributed by atoms with E-state index in [1.165, 1.54) is 5.56 Å². The summed E-state index contributed by atoms with van der Waals surface area (Å²) in [6.45, 7) is 7.94. The molecule has 0 saturated carbocycles. The standard InChI is InChI=1S/C11H15FN2.C2H6/c1-11(2)4-3-9-8(5-11)7-13-10(6-12)14-9;1-2/h7H,3-6H2,1-2H3;1-2H3. The summed E-state index contributed by atoms with van der Waals surface area (Å²) in [6.07, 6.45) is 4.88. The maximum atomic E-state index is 12.3. The molecule has 2 nitrogen and oxygen atoms in total. The number of alkyl halides is 1. The zero-order valence-electron chi connectivity index (χ0n) is 10.7. The first kappa shape index (κ1) is 13.1. The number of fused-ring (bicyclic) bond motifs is 1. The minimum atomic E-state index is -0.559. The lowest BCUT2D eigenvalue weighted by Crippen LogP contribution is -2.23. The lowest BCUT2D eigenvalue weighted by molar-refractivity contribution is 0.310. The molecule has 1 aromatic heterocycles. The van der Waals surface area contributed by atoms with Gasteiger partial charge in [0.2, 0.25) is 0 Å². The first-order valence-electron chi connectivity index (χ1n) is 6.00. The van der Waals surface area contributed by atoms with Crippen LogP contribution < -0.4 is 0 Å². The molecule has 0 fully saturated rings. The third-order valence-electron chi connectivity index (χ3n) is 2.83. The zero-order chi connectivity index (χ0) is 12.2. The van der Waals surface area contributed by atoms with E-state index in [1.807, 2.05) is 13.8 Å². The molecular formula is C13H21FN2. The van der Waals surface area contributed by atoms with Crippen LogP contribution in [0.4, 0.5) is 4.39 Å². The number of hydrogen-bond acceptors (Lipinski definition) is 2. The first-order chi connectivity index (χ1) is 7.61. The minimum absolute atomic E-state index is 0.323. The Morgan fingerprint density at radius 1 is 1.38 bits per heavy atom. The predicted octanol–water partition coefficient (Wildman–Crippen LogP) is 3.49. The van der Waals surface area contributed by atoms with Crippen LogP contribution >= 0.6 is 0 Å². The third-order valence-corrected chi connectivity index (χ3v) is 2.83. The number of aromatic nitrogens is 2. The summed E-state index contributed by atoms with van der Waals surface area (Å²) in [6, 6.07) is 0. The zero-order valence-corrected chi connectivity index (χ0v) is 10.7. The van der Waals surface area contributed by atoms with E-state index in [4.69, 9.17) is 0 Å². The van der Waals surface area contributed by atoms with E-state index in [0.29, 0.717) is 11.2 Å². The van der Waals surface area contributed by atoms with Gasteiger partial charge in [0.1, 0.15) is 6.67 Å². The average Bonchev–Trinajstić information content (AvgIpc) is 2.30. The molecule has 1 aromatic rings. The molecule has 0 spiro atoms. The second-order valence-electron chi connectivity index (χ2n) is 4.73. The molecule has 0 aliphatic heterocycles. The summed E-state index contributed by atoms with van der Waals surface area (Å²) in [5.74, 6) is 0.323. The summed E-state index contributed by atoms with van der Waals surface area (Å²) in [5.41, 5.74) is 2.58. The van der Waals surface area contributed by atoms with E-state index in [2.05, 4.69) is 23.8 Å². The van der Waals surface area contributed by atoms with Gasteiger partial charge in [0.05, 0.1) is 0 Å². The molecule has 1 aliphatic carbocycles. The van der Waals surface area contributed by atoms with Crippen LogP contribution in [0.2, 0.25) is 0 Å². The average molecular weight is 224 g/mol. The molecule has 0 unspecified atom stereocenters. The highest BCUT2D eigenvalue weighted by atomic mass is 19.1. The molecule has 0 saturated heterocycles. The van der Waals surface area contributed by atoms with Crippen molar-refractivity contribution in [1.29, 1.82) is 0 Å². The minimum Gasteiger partial charge on any atom is -0.242 e. The van der Waals surface area contributed by atoms with E-state index < -0.39 is 6.67 Å². The molecule has 0 atom stereocenters. The van der Waals surface area contributed by atoms with Crippen molar-refractivity contribution in [3.8, 4) is 0 Å². The van der Waals surface area contributed by atoms with Crippen molar-refractivity contribution in [1.82, 2.24) is 9.97 Å². The number of halogens is 1. The Balaban J connectivity index is 0.000000606. The summed E-state index contributed by atoms with van der Waals surface area (Å²) in [7, 11) is 0. The van der Waals surface area contributed by atoms with E-state index in [9.17, 15) is 4.39 Å². The van der Waals surface area contributed by atoms with Crippen molar-refractivity contribution in [2.45, 2.75) is 53.6 Å². The quantitative estimate of drug-likeness (QED) is 0.729. The first-order valence-corrected chi connectivity index (χ1v) is 6.00. The molecule has 0 N–H and O–H groups in total. The Morgan fingerprint density at radius 3 is 2.69 bits per heavy atom. The number of hydrogen-bond donors (Lipinski definition) is 0. The summed E-state index contributed by atoms with van der Waals surface area (Å²) in [5, 5.41) is 0. The van der Waals surface area contributed by atoms with Crippen LogP contribution in [0.5, 0.6) is 0 Å². The lowest BCUT2D eigenvalue weighted by Gasteiger charge is -2.30. The summed E-state index contributed by atoms with van der Waals surface area (Å²) < 4.78 is 12.3. The molecule has 1 aliphatic rings. The summed E-state index contributed by atoms with van der Waals surface area (Å²) in [4.78, 5) is 8.20. The maximum absolute atomic E-state index is 12.3. The van der Waals surface area contributed by atoms with Gasteiger partial charge < -0.3 is 0 Å². The van der Waals surface area contributed by atoms with Gasteiger partial charge in [-0.25, -0.2) is 14.4 Å². The second-order valence-corrected chi connectivity index (χ2v) is 4.73. The van der Waals surface area contributed by atoms with Crippen molar-refractivity contribution in [3.05, 3.63) is 23.3 Å². The molecule has 0 aromatic carbocycles. The van der Waals surface area contributed by atoms with Crippen LogP contribution in [0.3, 0.4) is 0 Å². The topological polar surface area (TPSA) is 25.8 Å². The van der Waals surface area contributed by atoms with Gasteiger partial charge in [-0.05, 0) is 30.2 Å². The fraction of sp³-hybridized carbons (Fsp3) is 0.692. The van der Waals surface area contributed by atoms with Crippen molar-refractivity contribution >= 4 is 0 Å². The van der Waals surface area contributed by atoms with Crippen molar-refractivity contribution < 1.29 is 4.39 Å². The molecule has 0 radical (unpaired) electrons. The van der Waals surface area contributed by atoms with Gasteiger partial charge in [-0.15, -0.1) is 0 Å². The largest absolute Gasteiger partial charge is 0.242 e. The van der Waals surface area contributed by atoms with Gasteiger partial charge in [0, 0.05) is 11.9 Å². The predicted molar refractivity (Wildman–Crippen MR) is 64.0 cm³/mol.